The summed E-state index contributed by atoms with van der Waals surface area (Å²) in [5.41, 5.74) is 6.89. The number of nitrogens with two attached hydrogens (primary N) is 1. The molecule has 0 unspecified atom stereocenters. The lowest BCUT2D eigenvalue weighted by Gasteiger charge is -2.36. The third-order valence-electron chi connectivity index (χ3n) is 4.10. The zero-order valence-electron chi connectivity index (χ0n) is 14.8. The van der Waals surface area contributed by atoms with E-state index in [4.69, 9.17) is 22.1 Å². The summed E-state index contributed by atoms with van der Waals surface area (Å²) in [5.74, 6) is 0.873. The van der Waals surface area contributed by atoms with Gasteiger partial charge in [0.25, 0.3) is 0 Å². The van der Waals surface area contributed by atoms with Gasteiger partial charge in [0, 0.05) is 31.6 Å². The lowest BCUT2D eigenvalue weighted by atomic mass is 10.2. The van der Waals surface area contributed by atoms with Crippen molar-refractivity contribution in [1.82, 2.24) is 9.88 Å². The smallest absolute Gasteiger partial charge is 0.410 e. The van der Waals surface area contributed by atoms with Crippen LogP contribution in [0.5, 0.6) is 0 Å². The Morgan fingerprint density at radius 3 is 2.48 bits per heavy atom. The number of fused-ring (bicyclic) bond motifs is 1. The van der Waals surface area contributed by atoms with Crippen molar-refractivity contribution >= 4 is 40.1 Å². The monoisotopic (exact) mass is 362 g/mol. The minimum Gasteiger partial charge on any atom is -0.444 e. The molecule has 0 aliphatic carbocycles. The molecule has 1 aliphatic rings. The van der Waals surface area contributed by atoms with Crippen LogP contribution in [0.1, 0.15) is 20.8 Å². The lowest BCUT2D eigenvalue weighted by molar-refractivity contribution is 0.0240. The van der Waals surface area contributed by atoms with Gasteiger partial charge in [-0.3, -0.25) is 0 Å². The zero-order valence-corrected chi connectivity index (χ0v) is 15.5. The summed E-state index contributed by atoms with van der Waals surface area (Å²) < 4.78 is 5.43. The number of ether oxygens (including phenoxy) is 1. The first-order chi connectivity index (χ1) is 11.7. The highest BCUT2D eigenvalue weighted by Gasteiger charge is 2.26. The Morgan fingerprint density at radius 1 is 1.16 bits per heavy atom. The van der Waals surface area contributed by atoms with Crippen LogP contribution in [0.25, 0.3) is 10.9 Å². The summed E-state index contributed by atoms with van der Waals surface area (Å²) in [6.07, 6.45) is -0.263. The molecule has 1 saturated heterocycles. The molecule has 0 radical (unpaired) electrons. The zero-order chi connectivity index (χ0) is 18.2. The van der Waals surface area contributed by atoms with Gasteiger partial charge in [-0.15, -0.1) is 0 Å². The number of piperazine rings is 1. The molecule has 1 fully saturated rings. The van der Waals surface area contributed by atoms with Crippen LogP contribution >= 0.6 is 11.6 Å². The maximum Gasteiger partial charge on any atom is 0.410 e. The number of hydrogen-bond acceptors (Lipinski definition) is 5. The third-order valence-corrected chi connectivity index (χ3v) is 4.43. The van der Waals surface area contributed by atoms with Crippen molar-refractivity contribution in [3.63, 3.8) is 0 Å². The average Bonchev–Trinajstić information content (AvgIpc) is 2.56. The van der Waals surface area contributed by atoms with Crippen LogP contribution in [0.15, 0.2) is 24.3 Å². The molecule has 0 atom stereocenters. The van der Waals surface area contributed by atoms with Gasteiger partial charge < -0.3 is 20.3 Å². The number of nitrogen functional groups attached to an aromatic ring is 1. The molecule has 25 heavy (non-hydrogen) atoms. The van der Waals surface area contributed by atoms with Crippen molar-refractivity contribution in [3.8, 4) is 0 Å². The number of pyridine rings is 1. The molecular formula is C18H23ClN4O2. The minimum absolute atomic E-state index is 0.263. The van der Waals surface area contributed by atoms with Crippen LogP contribution in [0, 0.1) is 0 Å². The number of anilines is 2. The summed E-state index contributed by atoms with van der Waals surface area (Å²) in [6.45, 7) is 8.25. The Labute approximate surface area is 152 Å². The maximum atomic E-state index is 12.1. The number of rotatable bonds is 1. The standard InChI is InChI=1S/C18H23ClN4O2/c1-18(2,3)25-17(24)23-10-8-22(9-11-23)15-7-4-12-14(21-15)6-5-13(19)16(12)20/h4-7H,8-11,20H2,1-3H3. The molecule has 3 rings (SSSR count). The number of hydrogen-bond donors (Lipinski definition) is 1. The molecule has 2 N–H and O–H groups in total. The first kappa shape index (κ1) is 17.6. The molecule has 7 heteroatoms. The minimum atomic E-state index is -0.477. The first-order valence-corrected chi connectivity index (χ1v) is 8.70. The molecule has 0 saturated carbocycles. The summed E-state index contributed by atoms with van der Waals surface area (Å²) >= 11 is 6.06. The molecule has 134 valence electrons. The van der Waals surface area contributed by atoms with Gasteiger partial charge in [-0.05, 0) is 45.0 Å². The van der Waals surface area contributed by atoms with Crippen molar-refractivity contribution in [1.29, 1.82) is 0 Å². The number of nitrogens with zero attached hydrogens (tertiary/aromatic N) is 3. The van der Waals surface area contributed by atoms with E-state index < -0.39 is 5.60 Å². The molecule has 1 aromatic carbocycles. The van der Waals surface area contributed by atoms with Crippen molar-refractivity contribution in [2.45, 2.75) is 26.4 Å². The topological polar surface area (TPSA) is 71.7 Å². The normalized spacial score (nSPS) is 15.5. The molecule has 1 amide bonds. The van der Waals surface area contributed by atoms with E-state index in [0.717, 1.165) is 16.7 Å². The predicted molar refractivity (Wildman–Crippen MR) is 101 cm³/mol. The van der Waals surface area contributed by atoms with Crippen LogP contribution in [0.3, 0.4) is 0 Å². The molecule has 2 aromatic rings. The predicted octanol–water partition coefficient (Wildman–Crippen LogP) is 3.53. The van der Waals surface area contributed by atoms with E-state index in [2.05, 4.69) is 9.88 Å². The van der Waals surface area contributed by atoms with Gasteiger partial charge >= 0.3 is 6.09 Å². The van der Waals surface area contributed by atoms with Gasteiger partial charge in [-0.2, -0.15) is 0 Å². The highest BCUT2D eigenvalue weighted by molar-refractivity contribution is 6.34. The largest absolute Gasteiger partial charge is 0.444 e. The first-order valence-electron chi connectivity index (χ1n) is 8.32. The fourth-order valence-corrected chi connectivity index (χ4v) is 2.98. The quantitative estimate of drug-likeness (QED) is 0.786. The van der Waals surface area contributed by atoms with Crippen LogP contribution in [-0.2, 0) is 4.74 Å². The van der Waals surface area contributed by atoms with Crippen molar-refractivity contribution < 1.29 is 9.53 Å². The van der Waals surface area contributed by atoms with Crippen LogP contribution in [0.2, 0.25) is 5.02 Å². The summed E-state index contributed by atoms with van der Waals surface area (Å²) in [6, 6.07) is 7.52. The van der Waals surface area contributed by atoms with Gasteiger partial charge in [0.05, 0.1) is 16.2 Å². The molecular weight excluding hydrogens is 340 g/mol. The van der Waals surface area contributed by atoms with Crippen molar-refractivity contribution in [2.24, 2.45) is 0 Å². The highest BCUT2D eigenvalue weighted by atomic mass is 35.5. The maximum absolute atomic E-state index is 12.1. The summed E-state index contributed by atoms with van der Waals surface area (Å²) in [7, 11) is 0. The van der Waals surface area contributed by atoms with Crippen LogP contribution in [-0.4, -0.2) is 47.8 Å². The van der Waals surface area contributed by atoms with E-state index in [-0.39, 0.29) is 6.09 Å². The molecule has 6 nitrogen and oxygen atoms in total. The summed E-state index contributed by atoms with van der Waals surface area (Å²) in [4.78, 5) is 20.7. The number of amides is 1. The van der Waals surface area contributed by atoms with Crippen molar-refractivity contribution in [2.75, 3.05) is 36.8 Å². The fraction of sp³-hybridized carbons (Fsp3) is 0.444. The molecule has 0 spiro atoms. The van der Waals surface area contributed by atoms with Crippen LogP contribution in [0.4, 0.5) is 16.3 Å². The molecule has 1 aromatic heterocycles. The van der Waals surface area contributed by atoms with Gasteiger partial charge in [-0.1, -0.05) is 11.6 Å². The second-order valence-corrected chi connectivity index (χ2v) is 7.56. The van der Waals surface area contributed by atoms with Gasteiger partial charge in [0.1, 0.15) is 11.4 Å². The average molecular weight is 363 g/mol. The molecule has 2 heterocycles. The number of benzene rings is 1. The van der Waals surface area contributed by atoms with E-state index in [0.29, 0.717) is 36.9 Å². The Balaban J connectivity index is 1.70. The van der Waals surface area contributed by atoms with E-state index in [1.54, 1.807) is 11.0 Å². The third kappa shape index (κ3) is 3.90. The van der Waals surface area contributed by atoms with Crippen molar-refractivity contribution in [3.05, 3.63) is 29.3 Å². The molecule has 0 bridgehead atoms. The van der Waals surface area contributed by atoms with E-state index in [9.17, 15) is 4.79 Å². The van der Waals surface area contributed by atoms with Gasteiger partial charge in [0.2, 0.25) is 0 Å². The lowest BCUT2D eigenvalue weighted by Crippen LogP contribution is -2.50. The second-order valence-electron chi connectivity index (χ2n) is 7.15. The van der Waals surface area contributed by atoms with Gasteiger partial charge in [0.15, 0.2) is 0 Å². The highest BCUT2D eigenvalue weighted by Crippen LogP contribution is 2.29. The fourth-order valence-electron chi connectivity index (χ4n) is 2.81. The van der Waals surface area contributed by atoms with E-state index in [1.807, 2.05) is 39.0 Å². The Hall–Kier alpha value is -2.21. The number of halogens is 1. The Kier molecular flexibility index (Phi) is 4.64. The number of aromatic nitrogens is 1. The van der Waals surface area contributed by atoms with E-state index >= 15 is 0 Å². The Morgan fingerprint density at radius 2 is 1.84 bits per heavy atom. The summed E-state index contributed by atoms with van der Waals surface area (Å²) in [5, 5.41) is 1.39. The van der Waals surface area contributed by atoms with Gasteiger partial charge in [-0.25, -0.2) is 9.78 Å². The SMILES string of the molecule is CC(C)(C)OC(=O)N1CCN(c2ccc3c(N)c(Cl)ccc3n2)CC1. The van der Waals surface area contributed by atoms with Crippen LogP contribution < -0.4 is 10.6 Å². The number of carbonyl (C=O) groups excluding carboxylic acids is 1. The number of carbonyl (C=O) groups is 1. The Bertz CT molecular complexity index is 795. The second kappa shape index (κ2) is 6.59. The molecule has 1 aliphatic heterocycles. The van der Waals surface area contributed by atoms with E-state index in [1.165, 1.54) is 0 Å².